The summed E-state index contributed by atoms with van der Waals surface area (Å²) in [6, 6.07) is 11.6. The van der Waals surface area contributed by atoms with Crippen molar-refractivity contribution in [2.45, 2.75) is 64.2 Å². The highest BCUT2D eigenvalue weighted by Gasteiger charge is 2.28. The summed E-state index contributed by atoms with van der Waals surface area (Å²) in [5.74, 6) is 0. The first kappa shape index (κ1) is 22.8. The van der Waals surface area contributed by atoms with Gasteiger partial charge in [0.25, 0.3) is 0 Å². The van der Waals surface area contributed by atoms with Crippen LogP contribution >= 0.6 is 0 Å². The second-order valence-corrected chi connectivity index (χ2v) is 11.1. The summed E-state index contributed by atoms with van der Waals surface area (Å²) in [6.07, 6.45) is 6.10. The summed E-state index contributed by atoms with van der Waals surface area (Å²) in [5, 5.41) is 2.20. The molecule has 0 saturated heterocycles. The van der Waals surface area contributed by atoms with Crippen LogP contribution in [0, 0.1) is 0 Å². The van der Waals surface area contributed by atoms with Crippen molar-refractivity contribution in [2.75, 3.05) is 18.4 Å². The molecule has 0 saturated carbocycles. The van der Waals surface area contributed by atoms with E-state index in [9.17, 15) is 13.2 Å². The first-order valence-electron chi connectivity index (χ1n) is 11.6. The summed E-state index contributed by atoms with van der Waals surface area (Å²) < 4.78 is 28.1. The van der Waals surface area contributed by atoms with E-state index in [4.69, 9.17) is 0 Å². The van der Waals surface area contributed by atoms with Crippen LogP contribution in [0.25, 0.3) is 0 Å². The molecule has 1 unspecified atom stereocenters. The zero-order chi connectivity index (χ0) is 22.7. The largest absolute Gasteiger partial charge is 0.332 e. The molecule has 2 aliphatic rings. The van der Waals surface area contributed by atoms with Crippen molar-refractivity contribution in [3.8, 4) is 0 Å². The number of fused-ring (bicyclic) bond motifs is 2. The quantitative estimate of drug-likeness (QED) is 0.630. The highest BCUT2D eigenvalue weighted by atomic mass is 32.2. The Hall–Kier alpha value is -2.38. The molecule has 0 fully saturated rings. The molecular weight excluding hydrogens is 422 g/mol. The van der Waals surface area contributed by atoms with Crippen molar-refractivity contribution >= 4 is 21.7 Å². The van der Waals surface area contributed by atoms with Crippen LogP contribution in [0.3, 0.4) is 0 Å². The number of hydrogen-bond acceptors (Lipinski definition) is 4. The minimum absolute atomic E-state index is 0.351. The van der Waals surface area contributed by atoms with Gasteiger partial charge in [0.05, 0.1) is 5.25 Å². The van der Waals surface area contributed by atoms with Crippen LogP contribution in [0.1, 0.15) is 54.5 Å². The van der Waals surface area contributed by atoms with Gasteiger partial charge in [-0.1, -0.05) is 43.3 Å². The second-order valence-electron chi connectivity index (χ2n) is 8.96. The molecule has 0 aromatic heterocycles. The number of anilines is 1. The number of amides is 2. The molecule has 6 nitrogen and oxygen atoms in total. The minimum Gasteiger partial charge on any atom is -0.307 e. The molecule has 4 rings (SSSR count). The van der Waals surface area contributed by atoms with E-state index in [2.05, 4.69) is 21.0 Å². The zero-order valence-corrected chi connectivity index (χ0v) is 19.8. The fourth-order valence-corrected chi connectivity index (χ4v) is 5.86. The highest BCUT2D eigenvalue weighted by molar-refractivity contribution is 7.90. The van der Waals surface area contributed by atoms with Crippen molar-refractivity contribution in [3.05, 3.63) is 64.2 Å². The Morgan fingerprint density at radius 1 is 1.03 bits per heavy atom. The average Bonchev–Trinajstić information content (AvgIpc) is 3.42. The summed E-state index contributed by atoms with van der Waals surface area (Å²) in [5.41, 5.74) is 6.97. The lowest BCUT2D eigenvalue weighted by atomic mass is 9.99. The van der Waals surface area contributed by atoms with E-state index < -0.39 is 21.3 Å². The van der Waals surface area contributed by atoms with Crippen molar-refractivity contribution in [3.63, 3.8) is 0 Å². The predicted octanol–water partition coefficient (Wildman–Crippen LogP) is 4.03. The topological polar surface area (TPSA) is 78.5 Å². The molecule has 0 heterocycles. The van der Waals surface area contributed by atoms with E-state index in [1.807, 2.05) is 37.3 Å². The number of aryl methyl sites for hydroxylation is 2. The van der Waals surface area contributed by atoms with E-state index in [0.29, 0.717) is 13.1 Å². The van der Waals surface area contributed by atoms with Crippen molar-refractivity contribution < 1.29 is 13.2 Å². The van der Waals surface area contributed by atoms with Crippen LogP contribution in [0.4, 0.5) is 10.5 Å². The van der Waals surface area contributed by atoms with Crippen molar-refractivity contribution in [1.29, 1.82) is 0 Å². The number of sulfonamides is 1. The third-order valence-corrected chi connectivity index (χ3v) is 8.37. The molecule has 0 spiro atoms. The first-order valence-corrected chi connectivity index (χ1v) is 13.2. The van der Waals surface area contributed by atoms with E-state index in [0.717, 1.165) is 56.3 Å². The fourth-order valence-electron chi connectivity index (χ4n) is 4.94. The Kier molecular flexibility index (Phi) is 6.86. The van der Waals surface area contributed by atoms with Crippen LogP contribution in [0.2, 0.25) is 0 Å². The molecule has 2 aliphatic carbocycles. The van der Waals surface area contributed by atoms with Gasteiger partial charge in [0.15, 0.2) is 0 Å². The molecule has 0 radical (unpaired) electrons. The van der Waals surface area contributed by atoms with Gasteiger partial charge in [-0.2, -0.15) is 0 Å². The Bertz CT molecular complexity index is 1050. The van der Waals surface area contributed by atoms with Gasteiger partial charge in [-0.3, -0.25) is 4.90 Å². The van der Waals surface area contributed by atoms with E-state index in [1.165, 1.54) is 22.3 Å². The van der Waals surface area contributed by atoms with E-state index in [1.54, 1.807) is 6.92 Å². The van der Waals surface area contributed by atoms with Gasteiger partial charge < -0.3 is 5.32 Å². The number of urea groups is 1. The lowest BCUT2D eigenvalue weighted by Crippen LogP contribution is -2.44. The van der Waals surface area contributed by atoms with Gasteiger partial charge in [-0.25, -0.2) is 17.9 Å². The SMILES string of the molecule is CCN(Cc1ccccc1)CC(C)S(=O)(=O)NC(=O)Nc1c2c(cc3c1CCC3)CCC2. The first-order chi connectivity index (χ1) is 15.4. The number of nitrogens with zero attached hydrogens (tertiary/aromatic N) is 1. The van der Waals surface area contributed by atoms with Crippen LogP contribution in [-0.4, -0.2) is 37.7 Å². The van der Waals surface area contributed by atoms with Crippen LogP contribution in [0.5, 0.6) is 0 Å². The minimum atomic E-state index is -3.81. The Labute approximate surface area is 191 Å². The molecule has 0 aliphatic heterocycles. The standard InChI is InChI=1S/C25H33N3O3S/c1-3-28(17-19-9-5-4-6-10-19)16-18(2)32(30,31)27-25(29)26-24-22-13-7-11-20(22)15-21-12-8-14-23(21)24/h4-6,9-10,15,18H,3,7-8,11-14,16-17H2,1-2H3,(H2,26,27,29). The summed E-state index contributed by atoms with van der Waals surface area (Å²) in [6.45, 7) is 5.42. The highest BCUT2D eigenvalue weighted by Crippen LogP contribution is 2.38. The maximum Gasteiger partial charge on any atom is 0.332 e. The Morgan fingerprint density at radius 3 is 2.25 bits per heavy atom. The van der Waals surface area contributed by atoms with Crippen LogP contribution in [-0.2, 0) is 42.3 Å². The molecule has 2 aromatic rings. The van der Waals surface area contributed by atoms with Crippen LogP contribution in [0.15, 0.2) is 36.4 Å². The summed E-state index contributed by atoms with van der Waals surface area (Å²) in [4.78, 5) is 14.8. The van der Waals surface area contributed by atoms with Gasteiger partial charge in [-0.05, 0) is 79.8 Å². The molecule has 1 atom stereocenters. The molecule has 7 heteroatoms. The zero-order valence-electron chi connectivity index (χ0n) is 19.0. The van der Waals surface area contributed by atoms with Gasteiger partial charge in [-0.15, -0.1) is 0 Å². The fraction of sp³-hybridized carbons (Fsp3) is 0.480. The lowest BCUT2D eigenvalue weighted by molar-refractivity contribution is 0.256. The third-order valence-electron chi connectivity index (χ3n) is 6.69. The molecule has 2 amide bonds. The van der Waals surface area contributed by atoms with Gasteiger partial charge >= 0.3 is 6.03 Å². The van der Waals surface area contributed by atoms with Gasteiger partial charge in [0, 0.05) is 18.8 Å². The van der Waals surface area contributed by atoms with Gasteiger partial charge in [0.2, 0.25) is 10.0 Å². The van der Waals surface area contributed by atoms with Gasteiger partial charge in [0.1, 0.15) is 0 Å². The number of carbonyl (C=O) groups is 1. The monoisotopic (exact) mass is 455 g/mol. The Balaban J connectivity index is 1.42. The van der Waals surface area contributed by atoms with E-state index in [-0.39, 0.29) is 0 Å². The number of rotatable bonds is 8. The maximum absolute atomic E-state index is 12.9. The molecule has 32 heavy (non-hydrogen) atoms. The lowest BCUT2D eigenvalue weighted by Gasteiger charge is -2.24. The molecule has 172 valence electrons. The third kappa shape index (κ3) is 4.99. The second kappa shape index (κ2) is 9.63. The number of carbonyl (C=O) groups excluding carboxylic acids is 1. The Morgan fingerprint density at radius 2 is 1.66 bits per heavy atom. The normalized spacial score (nSPS) is 16.0. The predicted molar refractivity (Wildman–Crippen MR) is 128 cm³/mol. The molecule has 0 bridgehead atoms. The smallest absolute Gasteiger partial charge is 0.307 e. The maximum atomic E-state index is 12.9. The average molecular weight is 456 g/mol. The van der Waals surface area contributed by atoms with Crippen molar-refractivity contribution in [1.82, 2.24) is 9.62 Å². The molecule has 2 aromatic carbocycles. The number of hydrogen-bond donors (Lipinski definition) is 2. The summed E-state index contributed by atoms with van der Waals surface area (Å²) in [7, 11) is -3.81. The number of benzene rings is 2. The molecular formula is C25H33N3O3S. The van der Waals surface area contributed by atoms with E-state index >= 15 is 0 Å². The van der Waals surface area contributed by atoms with Crippen molar-refractivity contribution in [2.24, 2.45) is 0 Å². The molecule has 2 N–H and O–H groups in total. The number of nitrogens with one attached hydrogen (secondary N) is 2. The summed E-state index contributed by atoms with van der Waals surface area (Å²) >= 11 is 0. The van der Waals surface area contributed by atoms with Crippen LogP contribution < -0.4 is 10.0 Å².